The summed E-state index contributed by atoms with van der Waals surface area (Å²) in [5, 5.41) is 1.10. The second-order valence-electron chi connectivity index (χ2n) is 6.46. The number of fused-ring (bicyclic) bond motifs is 1. The van der Waals surface area contributed by atoms with Crippen molar-refractivity contribution in [2.75, 3.05) is 13.7 Å². The van der Waals surface area contributed by atoms with E-state index in [1.165, 1.54) is 7.11 Å². The highest BCUT2D eigenvalue weighted by Crippen LogP contribution is 2.23. The monoisotopic (exact) mass is 377 g/mol. The third-order valence-electron chi connectivity index (χ3n) is 4.51. The molecule has 1 aromatic heterocycles. The van der Waals surface area contributed by atoms with Gasteiger partial charge in [0.1, 0.15) is 5.75 Å². The summed E-state index contributed by atoms with van der Waals surface area (Å²) in [5.41, 5.74) is 3.70. The van der Waals surface area contributed by atoms with Gasteiger partial charge in [-0.1, -0.05) is 18.2 Å². The molecule has 0 unspecified atom stereocenters. The van der Waals surface area contributed by atoms with E-state index in [1.54, 1.807) is 30.3 Å². The molecule has 0 aliphatic carbocycles. The molecule has 3 aromatic rings. The molecule has 5 nitrogen and oxygen atoms in total. The summed E-state index contributed by atoms with van der Waals surface area (Å²) < 4.78 is 10.2. The molecule has 0 bridgehead atoms. The molecular weight excluding hydrogens is 354 g/mol. The minimum Gasteiger partial charge on any atom is -0.494 e. The molecule has 0 radical (unpaired) electrons. The highest BCUT2D eigenvalue weighted by Gasteiger charge is 2.07. The maximum Gasteiger partial charge on any atom is 0.305 e. The van der Waals surface area contributed by atoms with E-state index in [-0.39, 0.29) is 11.8 Å². The fraction of sp³-hybridized carbons (Fsp3) is 0.217. The van der Waals surface area contributed by atoms with Crippen molar-refractivity contribution < 1.29 is 19.1 Å². The summed E-state index contributed by atoms with van der Waals surface area (Å²) in [5.74, 6) is 0.349. The number of esters is 1. The van der Waals surface area contributed by atoms with Crippen LogP contribution in [0.25, 0.3) is 17.0 Å². The van der Waals surface area contributed by atoms with Gasteiger partial charge in [-0.05, 0) is 55.8 Å². The van der Waals surface area contributed by atoms with Gasteiger partial charge in [-0.3, -0.25) is 9.59 Å². The van der Waals surface area contributed by atoms with E-state index in [9.17, 15) is 9.59 Å². The van der Waals surface area contributed by atoms with E-state index in [0.29, 0.717) is 30.8 Å². The number of benzene rings is 2. The average molecular weight is 377 g/mol. The van der Waals surface area contributed by atoms with E-state index >= 15 is 0 Å². The molecular formula is C23H23NO4. The zero-order chi connectivity index (χ0) is 19.9. The van der Waals surface area contributed by atoms with E-state index in [2.05, 4.69) is 9.72 Å². The number of carbonyl (C=O) groups excluding carboxylic acids is 2. The Morgan fingerprint density at radius 1 is 1.07 bits per heavy atom. The Bertz CT molecular complexity index is 999. The van der Waals surface area contributed by atoms with Crippen molar-refractivity contribution in [3.8, 4) is 5.75 Å². The minimum absolute atomic E-state index is 0.0677. The van der Waals surface area contributed by atoms with Crippen LogP contribution in [0.1, 0.15) is 34.5 Å². The molecule has 144 valence electrons. The number of aryl methyl sites for hydroxylation is 1. The number of hydrogen-bond acceptors (Lipinski definition) is 4. The van der Waals surface area contributed by atoms with Gasteiger partial charge < -0.3 is 14.5 Å². The molecule has 2 aromatic carbocycles. The summed E-state index contributed by atoms with van der Waals surface area (Å²) in [7, 11) is 1.37. The Hall–Kier alpha value is -3.34. The predicted molar refractivity (Wildman–Crippen MR) is 110 cm³/mol. The Morgan fingerprint density at radius 3 is 2.57 bits per heavy atom. The lowest BCUT2D eigenvalue weighted by Crippen LogP contribution is -2.04. The summed E-state index contributed by atoms with van der Waals surface area (Å²) in [6, 6.07) is 15.0. The van der Waals surface area contributed by atoms with Crippen LogP contribution in [-0.2, 0) is 9.53 Å². The zero-order valence-corrected chi connectivity index (χ0v) is 16.0. The fourth-order valence-electron chi connectivity index (χ4n) is 2.99. The molecule has 1 N–H and O–H groups in total. The number of aromatic nitrogens is 1. The van der Waals surface area contributed by atoms with Crippen LogP contribution in [0, 0.1) is 6.92 Å². The van der Waals surface area contributed by atoms with E-state index < -0.39 is 0 Å². The average Bonchev–Trinajstić information content (AvgIpc) is 3.04. The lowest BCUT2D eigenvalue weighted by atomic mass is 10.1. The highest BCUT2D eigenvalue weighted by molar-refractivity contribution is 6.08. The third-order valence-corrected chi connectivity index (χ3v) is 4.51. The van der Waals surface area contributed by atoms with Gasteiger partial charge in [0, 0.05) is 34.1 Å². The molecule has 0 aliphatic heterocycles. The van der Waals surface area contributed by atoms with Crippen molar-refractivity contribution in [1.82, 2.24) is 4.98 Å². The van der Waals surface area contributed by atoms with Crippen LogP contribution in [0.4, 0.5) is 0 Å². The summed E-state index contributed by atoms with van der Waals surface area (Å²) >= 11 is 0. The second kappa shape index (κ2) is 9.04. The van der Waals surface area contributed by atoms with Crippen LogP contribution in [0.3, 0.4) is 0 Å². The van der Waals surface area contributed by atoms with Crippen molar-refractivity contribution in [1.29, 1.82) is 0 Å². The summed E-state index contributed by atoms with van der Waals surface area (Å²) in [6.07, 6.45) is 4.35. The van der Waals surface area contributed by atoms with Crippen LogP contribution in [0.5, 0.6) is 5.75 Å². The van der Waals surface area contributed by atoms with Gasteiger partial charge in [0.05, 0.1) is 13.7 Å². The summed E-state index contributed by atoms with van der Waals surface area (Å²) in [4.78, 5) is 26.9. The zero-order valence-electron chi connectivity index (χ0n) is 16.0. The fourth-order valence-corrected chi connectivity index (χ4v) is 2.99. The molecule has 0 saturated heterocycles. The van der Waals surface area contributed by atoms with Crippen LogP contribution in [0.15, 0.2) is 54.6 Å². The number of rotatable bonds is 8. The molecule has 0 spiro atoms. The minimum atomic E-state index is -0.248. The molecule has 0 fully saturated rings. The lowest BCUT2D eigenvalue weighted by Gasteiger charge is -2.06. The Balaban J connectivity index is 1.60. The standard InChI is InChI=1S/C23H23NO4/c1-16-19(20-6-3-4-7-21(20)24-16)13-14-22(25)17-9-11-18(12-10-17)28-15-5-8-23(26)27-2/h3-4,6-7,9-14,24H,5,8,15H2,1-2H3/b14-13+. The molecule has 0 amide bonds. The molecule has 5 heteroatoms. The number of allylic oxidation sites excluding steroid dienone is 1. The van der Waals surface area contributed by atoms with Crippen molar-refractivity contribution in [3.05, 3.63) is 71.4 Å². The van der Waals surface area contributed by atoms with Crippen LogP contribution in [0.2, 0.25) is 0 Å². The number of ketones is 1. The molecule has 28 heavy (non-hydrogen) atoms. The molecule has 0 atom stereocenters. The number of methoxy groups -OCH3 is 1. The Morgan fingerprint density at radius 2 is 1.82 bits per heavy atom. The number of H-pyrrole nitrogens is 1. The molecule has 3 rings (SSSR count). The van der Waals surface area contributed by atoms with Gasteiger partial charge in [0.2, 0.25) is 0 Å². The largest absolute Gasteiger partial charge is 0.494 e. The van der Waals surface area contributed by atoms with Gasteiger partial charge in [-0.2, -0.15) is 0 Å². The maximum absolute atomic E-state index is 12.5. The lowest BCUT2D eigenvalue weighted by molar-refractivity contribution is -0.140. The third kappa shape index (κ3) is 4.68. The van der Waals surface area contributed by atoms with Crippen LogP contribution in [-0.4, -0.2) is 30.5 Å². The van der Waals surface area contributed by atoms with Crippen molar-refractivity contribution in [2.24, 2.45) is 0 Å². The number of para-hydroxylation sites is 1. The van der Waals surface area contributed by atoms with Crippen molar-refractivity contribution in [2.45, 2.75) is 19.8 Å². The first-order valence-electron chi connectivity index (χ1n) is 9.18. The van der Waals surface area contributed by atoms with Crippen molar-refractivity contribution >= 4 is 28.7 Å². The number of ether oxygens (including phenoxy) is 2. The van der Waals surface area contributed by atoms with Crippen molar-refractivity contribution in [3.63, 3.8) is 0 Å². The SMILES string of the molecule is COC(=O)CCCOc1ccc(C(=O)/C=C/c2c(C)[nH]c3ccccc23)cc1. The first-order valence-corrected chi connectivity index (χ1v) is 9.18. The van der Waals surface area contributed by atoms with E-state index in [0.717, 1.165) is 22.2 Å². The number of nitrogens with one attached hydrogen (secondary N) is 1. The topological polar surface area (TPSA) is 68.4 Å². The van der Waals surface area contributed by atoms with Crippen LogP contribution < -0.4 is 4.74 Å². The second-order valence-corrected chi connectivity index (χ2v) is 6.46. The van der Waals surface area contributed by atoms with E-state index in [1.807, 2.05) is 37.3 Å². The normalized spacial score (nSPS) is 11.1. The van der Waals surface area contributed by atoms with E-state index in [4.69, 9.17) is 4.74 Å². The smallest absolute Gasteiger partial charge is 0.305 e. The Kier molecular flexibility index (Phi) is 6.27. The maximum atomic E-state index is 12.5. The van der Waals surface area contributed by atoms with Gasteiger partial charge >= 0.3 is 5.97 Å². The number of hydrogen-bond donors (Lipinski definition) is 1. The van der Waals surface area contributed by atoms with Gasteiger partial charge in [0.15, 0.2) is 5.78 Å². The molecule has 1 heterocycles. The number of aromatic amines is 1. The molecule has 0 aliphatic rings. The highest BCUT2D eigenvalue weighted by atomic mass is 16.5. The first kappa shape index (κ1) is 19.4. The quantitative estimate of drug-likeness (QED) is 0.267. The molecule has 0 saturated carbocycles. The summed E-state index contributed by atoms with van der Waals surface area (Å²) in [6.45, 7) is 2.42. The first-order chi connectivity index (χ1) is 13.6. The predicted octanol–water partition coefficient (Wildman–Crippen LogP) is 4.70. The van der Waals surface area contributed by atoms with Crippen LogP contribution >= 0.6 is 0 Å². The Labute approximate surface area is 164 Å². The van der Waals surface area contributed by atoms with Gasteiger partial charge in [-0.15, -0.1) is 0 Å². The van der Waals surface area contributed by atoms with Gasteiger partial charge in [0.25, 0.3) is 0 Å². The number of carbonyl (C=O) groups is 2. The van der Waals surface area contributed by atoms with Gasteiger partial charge in [-0.25, -0.2) is 0 Å².